The molecule has 0 fully saturated rings. The number of carbonyl (C=O) groups excluding carboxylic acids is 2. The molecule has 0 aromatic heterocycles. The standard InChI is InChI=1S/C19H18Cl3N3O4S/c1-10-7-12(20)3-5-15(10)28-9-17(26)23-19(30)25-24-18(27)11(2)29-16-6-4-13(21)8-14(16)22/h3-8,11H,9H2,1-2H3,(H,24,27)(H2,23,25,26,30). The molecule has 0 heterocycles. The number of hydrazine groups is 1. The van der Waals surface area contributed by atoms with Crippen LogP contribution in [-0.4, -0.2) is 29.6 Å². The summed E-state index contributed by atoms with van der Waals surface area (Å²) in [5.41, 5.74) is 5.54. The average Bonchev–Trinajstić information content (AvgIpc) is 2.67. The molecule has 2 rings (SSSR count). The number of hydrogen-bond acceptors (Lipinski definition) is 5. The van der Waals surface area contributed by atoms with Gasteiger partial charge < -0.3 is 9.47 Å². The first-order valence-electron chi connectivity index (χ1n) is 8.56. The zero-order valence-electron chi connectivity index (χ0n) is 15.9. The Morgan fingerprint density at radius 2 is 1.67 bits per heavy atom. The lowest BCUT2D eigenvalue weighted by Gasteiger charge is -2.17. The summed E-state index contributed by atoms with van der Waals surface area (Å²) >= 11 is 22.7. The molecule has 0 saturated carbocycles. The third-order valence-corrected chi connectivity index (χ3v) is 4.58. The van der Waals surface area contributed by atoms with E-state index in [4.69, 9.17) is 56.5 Å². The molecule has 0 spiro atoms. The molecule has 1 unspecified atom stereocenters. The lowest BCUT2D eigenvalue weighted by Crippen LogP contribution is -2.52. The molecule has 160 valence electrons. The van der Waals surface area contributed by atoms with Gasteiger partial charge in [0, 0.05) is 10.0 Å². The minimum Gasteiger partial charge on any atom is -0.483 e. The van der Waals surface area contributed by atoms with E-state index in [1.54, 1.807) is 37.3 Å². The Labute approximate surface area is 193 Å². The van der Waals surface area contributed by atoms with E-state index >= 15 is 0 Å². The zero-order valence-corrected chi connectivity index (χ0v) is 19.0. The summed E-state index contributed by atoms with van der Waals surface area (Å²) in [6.07, 6.45) is -0.897. The van der Waals surface area contributed by atoms with Crippen molar-refractivity contribution >= 4 is 63.9 Å². The third-order valence-electron chi connectivity index (χ3n) is 3.61. The minimum atomic E-state index is -0.897. The SMILES string of the molecule is Cc1cc(Cl)ccc1OCC(=O)NC(=S)NNC(=O)C(C)Oc1ccc(Cl)cc1Cl. The van der Waals surface area contributed by atoms with E-state index in [1.807, 2.05) is 0 Å². The van der Waals surface area contributed by atoms with Crippen molar-refractivity contribution in [3.63, 3.8) is 0 Å². The van der Waals surface area contributed by atoms with Gasteiger partial charge in [0.25, 0.3) is 11.8 Å². The van der Waals surface area contributed by atoms with Gasteiger partial charge in [-0.15, -0.1) is 0 Å². The van der Waals surface area contributed by atoms with Crippen molar-refractivity contribution in [1.82, 2.24) is 16.2 Å². The van der Waals surface area contributed by atoms with Gasteiger partial charge in [-0.25, -0.2) is 0 Å². The molecule has 2 aromatic carbocycles. The number of aryl methyl sites for hydroxylation is 1. The van der Waals surface area contributed by atoms with E-state index in [0.717, 1.165) is 5.56 Å². The molecule has 0 radical (unpaired) electrons. The highest BCUT2D eigenvalue weighted by Gasteiger charge is 2.17. The van der Waals surface area contributed by atoms with Crippen LogP contribution in [0.1, 0.15) is 12.5 Å². The number of benzene rings is 2. The Balaban J connectivity index is 1.74. The van der Waals surface area contributed by atoms with Gasteiger partial charge in [-0.05, 0) is 68.0 Å². The molecule has 7 nitrogen and oxygen atoms in total. The van der Waals surface area contributed by atoms with Crippen LogP contribution in [0.4, 0.5) is 0 Å². The maximum absolute atomic E-state index is 12.1. The normalized spacial score (nSPS) is 11.2. The van der Waals surface area contributed by atoms with E-state index in [1.165, 1.54) is 13.0 Å². The van der Waals surface area contributed by atoms with Crippen LogP contribution in [0, 0.1) is 6.92 Å². The van der Waals surface area contributed by atoms with Crippen molar-refractivity contribution in [3.05, 3.63) is 57.0 Å². The van der Waals surface area contributed by atoms with E-state index < -0.39 is 17.9 Å². The van der Waals surface area contributed by atoms with Crippen LogP contribution in [0.5, 0.6) is 11.5 Å². The molecular weight excluding hydrogens is 473 g/mol. The topological polar surface area (TPSA) is 88.7 Å². The highest BCUT2D eigenvalue weighted by molar-refractivity contribution is 7.80. The molecular formula is C19H18Cl3N3O4S. The quantitative estimate of drug-likeness (QED) is 0.421. The molecule has 11 heteroatoms. The molecule has 0 saturated heterocycles. The average molecular weight is 491 g/mol. The second-order valence-corrected chi connectivity index (χ2v) is 7.71. The van der Waals surface area contributed by atoms with Crippen molar-refractivity contribution in [3.8, 4) is 11.5 Å². The van der Waals surface area contributed by atoms with Crippen LogP contribution in [0.3, 0.4) is 0 Å². The largest absolute Gasteiger partial charge is 0.483 e. The van der Waals surface area contributed by atoms with Crippen molar-refractivity contribution in [1.29, 1.82) is 0 Å². The maximum Gasteiger partial charge on any atom is 0.279 e. The van der Waals surface area contributed by atoms with E-state index in [2.05, 4.69) is 16.2 Å². The van der Waals surface area contributed by atoms with Gasteiger partial charge in [0.15, 0.2) is 17.8 Å². The predicted molar refractivity (Wildman–Crippen MR) is 120 cm³/mol. The molecule has 2 amide bonds. The van der Waals surface area contributed by atoms with Crippen LogP contribution in [-0.2, 0) is 9.59 Å². The maximum atomic E-state index is 12.1. The Morgan fingerprint density at radius 1 is 1.03 bits per heavy atom. The summed E-state index contributed by atoms with van der Waals surface area (Å²) in [6.45, 7) is 3.06. The number of hydrogen-bond donors (Lipinski definition) is 3. The first-order valence-corrected chi connectivity index (χ1v) is 10.1. The Hall–Kier alpha value is -2.26. The van der Waals surface area contributed by atoms with Gasteiger partial charge >= 0.3 is 0 Å². The number of carbonyl (C=O) groups is 2. The molecule has 0 aliphatic carbocycles. The van der Waals surface area contributed by atoms with Crippen LogP contribution in [0.25, 0.3) is 0 Å². The number of ether oxygens (including phenoxy) is 2. The number of amides is 2. The van der Waals surface area contributed by atoms with Gasteiger partial charge in [0.05, 0.1) is 5.02 Å². The summed E-state index contributed by atoms with van der Waals surface area (Å²) in [5.74, 6) is -0.221. The second kappa shape index (κ2) is 11.2. The molecule has 30 heavy (non-hydrogen) atoms. The Morgan fingerprint density at radius 3 is 2.30 bits per heavy atom. The van der Waals surface area contributed by atoms with E-state index in [-0.39, 0.29) is 16.7 Å². The first kappa shape index (κ1) is 24.0. The van der Waals surface area contributed by atoms with E-state index in [0.29, 0.717) is 21.5 Å². The van der Waals surface area contributed by atoms with Gasteiger partial charge in [0.1, 0.15) is 11.5 Å². The van der Waals surface area contributed by atoms with Crippen molar-refractivity contribution in [2.45, 2.75) is 20.0 Å². The lowest BCUT2D eigenvalue weighted by molar-refractivity contribution is -0.128. The van der Waals surface area contributed by atoms with Gasteiger partial charge in [-0.1, -0.05) is 34.8 Å². The fraction of sp³-hybridized carbons (Fsp3) is 0.211. The minimum absolute atomic E-state index is 0.110. The van der Waals surface area contributed by atoms with Gasteiger partial charge in [-0.3, -0.25) is 25.8 Å². The molecule has 2 aromatic rings. The smallest absolute Gasteiger partial charge is 0.279 e. The zero-order chi connectivity index (χ0) is 22.3. The third kappa shape index (κ3) is 7.53. The molecule has 3 N–H and O–H groups in total. The van der Waals surface area contributed by atoms with Crippen molar-refractivity contribution in [2.75, 3.05) is 6.61 Å². The number of thiocarbonyl (C=S) groups is 1. The Bertz CT molecular complexity index is 959. The highest BCUT2D eigenvalue weighted by Crippen LogP contribution is 2.28. The first-order chi connectivity index (χ1) is 14.2. The van der Waals surface area contributed by atoms with Crippen LogP contribution in [0.2, 0.25) is 15.1 Å². The monoisotopic (exact) mass is 489 g/mol. The second-order valence-electron chi connectivity index (χ2n) is 6.02. The molecule has 1 atom stereocenters. The fourth-order valence-electron chi connectivity index (χ4n) is 2.15. The summed E-state index contributed by atoms with van der Waals surface area (Å²) < 4.78 is 10.9. The molecule has 0 aliphatic rings. The van der Waals surface area contributed by atoms with Crippen LogP contribution >= 0.6 is 47.0 Å². The Kier molecular flexibility index (Phi) is 8.98. The van der Waals surface area contributed by atoms with Gasteiger partial charge in [0.2, 0.25) is 0 Å². The lowest BCUT2D eigenvalue weighted by atomic mass is 10.2. The van der Waals surface area contributed by atoms with Crippen molar-refractivity contribution < 1.29 is 19.1 Å². The predicted octanol–water partition coefficient (Wildman–Crippen LogP) is 3.82. The summed E-state index contributed by atoms with van der Waals surface area (Å²) in [6, 6.07) is 9.68. The van der Waals surface area contributed by atoms with Crippen LogP contribution < -0.4 is 25.6 Å². The van der Waals surface area contributed by atoms with E-state index in [9.17, 15) is 9.59 Å². The van der Waals surface area contributed by atoms with Gasteiger partial charge in [-0.2, -0.15) is 0 Å². The number of nitrogens with one attached hydrogen (secondary N) is 3. The summed E-state index contributed by atoms with van der Waals surface area (Å²) in [5, 5.41) is 3.56. The number of rotatable bonds is 6. The molecule has 0 aliphatic heterocycles. The number of halogens is 3. The summed E-state index contributed by atoms with van der Waals surface area (Å²) in [4.78, 5) is 24.1. The van der Waals surface area contributed by atoms with Crippen LogP contribution in [0.15, 0.2) is 36.4 Å². The van der Waals surface area contributed by atoms with Crippen molar-refractivity contribution in [2.24, 2.45) is 0 Å². The molecule has 0 bridgehead atoms. The summed E-state index contributed by atoms with van der Waals surface area (Å²) in [7, 11) is 0. The fourth-order valence-corrected chi connectivity index (χ4v) is 2.99. The highest BCUT2D eigenvalue weighted by atomic mass is 35.5.